The van der Waals surface area contributed by atoms with E-state index < -0.39 is 11.6 Å². The lowest BCUT2D eigenvalue weighted by Gasteiger charge is -2.21. The van der Waals surface area contributed by atoms with Crippen molar-refractivity contribution in [2.45, 2.75) is 39.3 Å². The number of ether oxygens (including phenoxy) is 1. The molecule has 5 nitrogen and oxygen atoms in total. The Bertz CT molecular complexity index is 491. The maximum atomic E-state index is 11.6. The summed E-state index contributed by atoms with van der Waals surface area (Å²) >= 11 is 0. The Balaban J connectivity index is 2.59. The van der Waals surface area contributed by atoms with Crippen molar-refractivity contribution < 1.29 is 19.4 Å². The Morgan fingerprint density at radius 3 is 2.55 bits per heavy atom. The first kappa shape index (κ1) is 16.2. The molecule has 0 bridgehead atoms. The third kappa shape index (κ3) is 5.40. The van der Waals surface area contributed by atoms with E-state index in [1.807, 2.05) is 33.8 Å². The molecular formula is C15H21NO4. The third-order valence-corrected chi connectivity index (χ3v) is 2.61. The molecule has 1 rings (SSSR count). The molecule has 20 heavy (non-hydrogen) atoms. The van der Waals surface area contributed by atoms with Crippen LogP contribution in [0.5, 0.6) is 0 Å². The second-order valence-corrected chi connectivity index (χ2v) is 5.62. The number of rotatable bonds is 5. The van der Waals surface area contributed by atoms with Crippen LogP contribution in [0.25, 0.3) is 0 Å². The maximum absolute atomic E-state index is 11.6. The zero-order chi connectivity index (χ0) is 15.3. The van der Waals surface area contributed by atoms with Crippen LogP contribution in [0.1, 0.15) is 49.7 Å². The van der Waals surface area contributed by atoms with Crippen molar-refractivity contribution in [3.63, 3.8) is 0 Å². The number of esters is 1. The molecule has 0 aromatic heterocycles. The van der Waals surface area contributed by atoms with Crippen molar-refractivity contribution in [2.75, 3.05) is 6.54 Å². The highest BCUT2D eigenvalue weighted by atomic mass is 16.6. The van der Waals surface area contributed by atoms with E-state index in [1.54, 1.807) is 12.1 Å². The number of hydrogen-bond donors (Lipinski definition) is 2. The largest absolute Gasteiger partial charge is 0.478 e. The highest BCUT2D eigenvalue weighted by Gasteiger charge is 2.17. The highest BCUT2D eigenvalue weighted by Crippen LogP contribution is 2.14. The normalized spacial score (nSPS) is 12.8. The number of aromatic carboxylic acids is 1. The Kier molecular flexibility index (Phi) is 5.27. The van der Waals surface area contributed by atoms with Gasteiger partial charge in [0.2, 0.25) is 0 Å². The number of hydrogen-bond acceptors (Lipinski definition) is 4. The van der Waals surface area contributed by atoms with Gasteiger partial charge >= 0.3 is 11.9 Å². The van der Waals surface area contributed by atoms with Crippen molar-refractivity contribution in [3.05, 3.63) is 35.4 Å². The van der Waals surface area contributed by atoms with E-state index in [-0.39, 0.29) is 24.1 Å². The van der Waals surface area contributed by atoms with E-state index in [0.29, 0.717) is 0 Å². The molecule has 0 saturated heterocycles. The van der Waals surface area contributed by atoms with Crippen LogP contribution in [0.4, 0.5) is 0 Å². The SMILES string of the molecule is CC(NCC(=O)OC(C)(C)C)c1cccc(C(=O)O)c1. The zero-order valence-corrected chi connectivity index (χ0v) is 12.3. The number of carboxylic acids is 1. The Hall–Kier alpha value is -1.88. The third-order valence-electron chi connectivity index (χ3n) is 2.61. The summed E-state index contributed by atoms with van der Waals surface area (Å²) in [5.74, 6) is -1.30. The fourth-order valence-corrected chi connectivity index (χ4v) is 1.67. The monoisotopic (exact) mass is 279 g/mol. The van der Waals surface area contributed by atoms with E-state index >= 15 is 0 Å². The van der Waals surface area contributed by atoms with Crippen molar-refractivity contribution in [2.24, 2.45) is 0 Å². The lowest BCUT2D eigenvalue weighted by atomic mass is 10.1. The first-order valence-corrected chi connectivity index (χ1v) is 6.47. The number of benzene rings is 1. The Morgan fingerprint density at radius 1 is 1.35 bits per heavy atom. The molecule has 1 aromatic carbocycles. The molecule has 0 spiro atoms. The quantitative estimate of drug-likeness (QED) is 0.809. The Morgan fingerprint density at radius 2 is 2.00 bits per heavy atom. The molecule has 5 heteroatoms. The minimum Gasteiger partial charge on any atom is -0.478 e. The summed E-state index contributed by atoms with van der Waals surface area (Å²) in [5.41, 5.74) is 0.535. The van der Waals surface area contributed by atoms with Gasteiger partial charge in [-0.25, -0.2) is 4.79 Å². The average molecular weight is 279 g/mol. The lowest BCUT2D eigenvalue weighted by molar-refractivity contribution is -0.153. The van der Waals surface area contributed by atoms with E-state index in [2.05, 4.69) is 5.32 Å². The summed E-state index contributed by atoms with van der Waals surface area (Å²) in [7, 11) is 0. The summed E-state index contributed by atoms with van der Waals surface area (Å²) in [5, 5.41) is 12.0. The lowest BCUT2D eigenvalue weighted by Crippen LogP contribution is -2.32. The van der Waals surface area contributed by atoms with Gasteiger partial charge in [0.1, 0.15) is 5.60 Å². The molecule has 1 unspecified atom stereocenters. The molecule has 0 fully saturated rings. The molecule has 1 aromatic rings. The molecule has 0 amide bonds. The standard InChI is InChI=1S/C15H21NO4/c1-10(16-9-13(17)20-15(2,3)4)11-6-5-7-12(8-11)14(18)19/h5-8,10,16H,9H2,1-4H3,(H,18,19). The fraction of sp³-hybridized carbons (Fsp3) is 0.467. The maximum Gasteiger partial charge on any atom is 0.335 e. The summed E-state index contributed by atoms with van der Waals surface area (Å²) in [6.07, 6.45) is 0. The van der Waals surface area contributed by atoms with Crippen molar-refractivity contribution >= 4 is 11.9 Å². The molecule has 110 valence electrons. The van der Waals surface area contributed by atoms with Gasteiger partial charge < -0.3 is 15.2 Å². The number of carbonyl (C=O) groups excluding carboxylic acids is 1. The van der Waals surface area contributed by atoms with Gasteiger partial charge in [0.15, 0.2) is 0 Å². The number of carboxylic acid groups (broad SMARTS) is 1. The van der Waals surface area contributed by atoms with Gasteiger partial charge in [-0.1, -0.05) is 12.1 Å². The van der Waals surface area contributed by atoms with Gasteiger partial charge in [-0.05, 0) is 45.4 Å². The van der Waals surface area contributed by atoms with Gasteiger partial charge in [-0.15, -0.1) is 0 Å². The molecule has 1 atom stereocenters. The molecule has 0 aliphatic rings. The van der Waals surface area contributed by atoms with Crippen LogP contribution in [0.2, 0.25) is 0 Å². The minimum absolute atomic E-state index is 0.0791. The van der Waals surface area contributed by atoms with Crippen LogP contribution in [0.3, 0.4) is 0 Å². The minimum atomic E-state index is -0.966. The van der Waals surface area contributed by atoms with Crippen molar-refractivity contribution in [1.82, 2.24) is 5.32 Å². The topological polar surface area (TPSA) is 75.6 Å². The molecular weight excluding hydrogens is 258 g/mol. The van der Waals surface area contributed by atoms with Crippen LogP contribution in [-0.4, -0.2) is 29.2 Å². The molecule has 0 aliphatic carbocycles. The van der Waals surface area contributed by atoms with Crippen LogP contribution in [0.15, 0.2) is 24.3 Å². The van der Waals surface area contributed by atoms with Crippen molar-refractivity contribution in [3.8, 4) is 0 Å². The van der Waals surface area contributed by atoms with Crippen LogP contribution >= 0.6 is 0 Å². The van der Waals surface area contributed by atoms with Gasteiger partial charge in [0, 0.05) is 6.04 Å². The smallest absolute Gasteiger partial charge is 0.335 e. The predicted octanol–water partition coefficient (Wildman–Crippen LogP) is 2.38. The van der Waals surface area contributed by atoms with E-state index in [4.69, 9.17) is 9.84 Å². The molecule has 0 saturated carbocycles. The number of carbonyl (C=O) groups is 2. The average Bonchev–Trinajstić information content (AvgIpc) is 2.34. The summed E-state index contributed by atoms with van der Waals surface area (Å²) in [6, 6.07) is 6.49. The summed E-state index contributed by atoms with van der Waals surface area (Å²) in [4.78, 5) is 22.5. The zero-order valence-electron chi connectivity index (χ0n) is 12.3. The van der Waals surface area contributed by atoms with Crippen molar-refractivity contribution in [1.29, 1.82) is 0 Å². The van der Waals surface area contributed by atoms with Gasteiger partial charge in [-0.3, -0.25) is 4.79 Å². The predicted molar refractivity (Wildman–Crippen MR) is 75.7 cm³/mol. The second-order valence-electron chi connectivity index (χ2n) is 5.62. The van der Waals surface area contributed by atoms with E-state index in [0.717, 1.165) is 5.56 Å². The molecule has 0 aliphatic heterocycles. The van der Waals surface area contributed by atoms with Gasteiger partial charge in [0.05, 0.1) is 12.1 Å². The van der Waals surface area contributed by atoms with Crippen LogP contribution < -0.4 is 5.32 Å². The number of nitrogens with one attached hydrogen (secondary N) is 1. The van der Waals surface area contributed by atoms with Crippen LogP contribution in [-0.2, 0) is 9.53 Å². The van der Waals surface area contributed by atoms with E-state index in [1.165, 1.54) is 6.07 Å². The molecule has 0 radical (unpaired) electrons. The van der Waals surface area contributed by atoms with Gasteiger partial charge in [0.25, 0.3) is 0 Å². The highest BCUT2D eigenvalue weighted by molar-refractivity contribution is 5.87. The first-order valence-electron chi connectivity index (χ1n) is 6.47. The van der Waals surface area contributed by atoms with Crippen LogP contribution in [0, 0.1) is 0 Å². The molecule has 2 N–H and O–H groups in total. The summed E-state index contributed by atoms with van der Waals surface area (Å²) < 4.78 is 5.19. The second kappa shape index (κ2) is 6.52. The van der Waals surface area contributed by atoms with Gasteiger partial charge in [-0.2, -0.15) is 0 Å². The summed E-state index contributed by atoms with van der Waals surface area (Å²) in [6.45, 7) is 7.38. The fourth-order valence-electron chi connectivity index (χ4n) is 1.67. The molecule has 0 heterocycles. The Labute approximate surface area is 118 Å². The first-order chi connectivity index (χ1) is 9.19. The van der Waals surface area contributed by atoms with E-state index in [9.17, 15) is 9.59 Å².